The molecule has 2 aliphatic rings. The number of piperidine rings is 1. The standard InChI is InChI=1S/C26H30ClFN2O3/c27-20-6-10-22(11-7-20)33-18-25(16-23(29)31)12-3-15-30(17-25)24(32)26(13-1-2-14-26)19-4-8-21(28)9-5-19/h4-11H,1-3,12-18H2,(H2,29,31). The van der Waals surface area contributed by atoms with Gasteiger partial charge in [0, 0.05) is 29.9 Å². The Hall–Kier alpha value is -2.60. The van der Waals surface area contributed by atoms with Crippen LogP contribution in [-0.2, 0) is 15.0 Å². The Kier molecular flexibility index (Phi) is 6.94. The molecule has 33 heavy (non-hydrogen) atoms. The van der Waals surface area contributed by atoms with Gasteiger partial charge in [0.25, 0.3) is 0 Å². The minimum Gasteiger partial charge on any atom is -0.493 e. The molecule has 1 saturated heterocycles. The zero-order valence-electron chi connectivity index (χ0n) is 18.7. The Morgan fingerprint density at radius 2 is 1.67 bits per heavy atom. The summed E-state index contributed by atoms with van der Waals surface area (Å²) in [5, 5.41) is 0.617. The molecule has 0 bridgehead atoms. The van der Waals surface area contributed by atoms with E-state index in [1.807, 2.05) is 4.90 Å². The number of ether oxygens (including phenoxy) is 1. The maximum absolute atomic E-state index is 14.0. The summed E-state index contributed by atoms with van der Waals surface area (Å²) in [4.78, 5) is 27.8. The summed E-state index contributed by atoms with van der Waals surface area (Å²) in [5.74, 6) is 0.00665. The molecule has 1 aliphatic carbocycles. The summed E-state index contributed by atoms with van der Waals surface area (Å²) in [6, 6.07) is 13.4. The number of hydrogen-bond acceptors (Lipinski definition) is 3. The molecule has 2 aromatic carbocycles. The lowest BCUT2D eigenvalue weighted by atomic mass is 9.74. The third kappa shape index (κ3) is 5.16. The molecule has 4 rings (SSSR count). The monoisotopic (exact) mass is 472 g/mol. The smallest absolute Gasteiger partial charge is 0.233 e. The Morgan fingerprint density at radius 3 is 2.30 bits per heavy atom. The summed E-state index contributed by atoms with van der Waals surface area (Å²) in [7, 11) is 0. The lowest BCUT2D eigenvalue weighted by Crippen LogP contribution is -2.54. The first-order valence-corrected chi connectivity index (χ1v) is 11.9. The molecular formula is C26H30ClFN2O3. The van der Waals surface area contributed by atoms with Crippen LogP contribution < -0.4 is 10.5 Å². The van der Waals surface area contributed by atoms with Crippen LogP contribution in [0.5, 0.6) is 5.75 Å². The predicted octanol–water partition coefficient (Wildman–Crippen LogP) is 4.85. The van der Waals surface area contributed by atoms with Crippen LogP contribution in [0.15, 0.2) is 48.5 Å². The maximum Gasteiger partial charge on any atom is 0.233 e. The number of halogens is 2. The van der Waals surface area contributed by atoms with Crippen molar-refractivity contribution in [1.82, 2.24) is 4.90 Å². The van der Waals surface area contributed by atoms with E-state index in [-0.39, 0.29) is 24.8 Å². The first-order chi connectivity index (χ1) is 15.8. The molecule has 1 saturated carbocycles. The van der Waals surface area contributed by atoms with Gasteiger partial charge in [-0.15, -0.1) is 0 Å². The summed E-state index contributed by atoms with van der Waals surface area (Å²) in [5.41, 5.74) is 5.30. The van der Waals surface area contributed by atoms with Gasteiger partial charge in [0.1, 0.15) is 11.6 Å². The maximum atomic E-state index is 14.0. The van der Waals surface area contributed by atoms with Crippen LogP contribution in [0.4, 0.5) is 4.39 Å². The predicted molar refractivity (Wildman–Crippen MR) is 126 cm³/mol. The van der Waals surface area contributed by atoms with Crippen molar-refractivity contribution in [2.24, 2.45) is 11.1 Å². The zero-order chi connectivity index (χ0) is 23.5. The molecule has 1 aliphatic heterocycles. The Bertz CT molecular complexity index is 990. The van der Waals surface area contributed by atoms with E-state index in [4.69, 9.17) is 22.1 Å². The van der Waals surface area contributed by atoms with Crippen LogP contribution in [-0.4, -0.2) is 36.4 Å². The molecule has 0 spiro atoms. The fraction of sp³-hybridized carbons (Fsp3) is 0.462. The normalized spacial score (nSPS) is 22.2. The number of rotatable bonds is 7. The van der Waals surface area contributed by atoms with Crippen molar-refractivity contribution in [2.45, 2.75) is 50.4 Å². The average molecular weight is 473 g/mol. The van der Waals surface area contributed by atoms with E-state index in [0.717, 1.165) is 44.1 Å². The second-order valence-electron chi connectivity index (χ2n) is 9.51. The highest BCUT2D eigenvalue weighted by molar-refractivity contribution is 6.30. The van der Waals surface area contributed by atoms with Gasteiger partial charge >= 0.3 is 0 Å². The molecule has 1 unspecified atom stereocenters. The van der Waals surface area contributed by atoms with Gasteiger partial charge in [-0.05, 0) is 67.6 Å². The van der Waals surface area contributed by atoms with E-state index in [2.05, 4.69) is 0 Å². The second-order valence-corrected chi connectivity index (χ2v) is 9.95. The van der Waals surface area contributed by atoms with Crippen LogP contribution in [0.2, 0.25) is 5.02 Å². The van der Waals surface area contributed by atoms with Gasteiger partial charge < -0.3 is 15.4 Å². The molecular weight excluding hydrogens is 443 g/mol. The quantitative estimate of drug-likeness (QED) is 0.625. The van der Waals surface area contributed by atoms with Gasteiger partial charge in [0.05, 0.1) is 12.0 Å². The lowest BCUT2D eigenvalue weighted by Gasteiger charge is -2.45. The molecule has 1 atom stereocenters. The minimum absolute atomic E-state index is 0.0617. The van der Waals surface area contributed by atoms with Crippen LogP contribution in [0.3, 0.4) is 0 Å². The Labute approximate surface area is 199 Å². The number of primary amides is 1. The van der Waals surface area contributed by atoms with E-state index in [9.17, 15) is 14.0 Å². The van der Waals surface area contributed by atoms with Crippen molar-refractivity contribution in [3.63, 3.8) is 0 Å². The summed E-state index contributed by atoms with van der Waals surface area (Å²) in [6.45, 7) is 1.32. The second kappa shape index (κ2) is 9.72. The van der Waals surface area contributed by atoms with Gasteiger partial charge in [-0.3, -0.25) is 9.59 Å². The van der Waals surface area contributed by atoms with E-state index in [1.165, 1.54) is 12.1 Å². The summed E-state index contributed by atoms with van der Waals surface area (Å²) >= 11 is 5.96. The van der Waals surface area contributed by atoms with Crippen LogP contribution >= 0.6 is 11.6 Å². The van der Waals surface area contributed by atoms with E-state index in [0.29, 0.717) is 23.9 Å². The molecule has 176 valence electrons. The molecule has 2 aromatic rings. The highest BCUT2D eigenvalue weighted by Crippen LogP contribution is 2.44. The highest BCUT2D eigenvalue weighted by Gasteiger charge is 2.48. The van der Waals surface area contributed by atoms with Crippen molar-refractivity contribution in [1.29, 1.82) is 0 Å². The van der Waals surface area contributed by atoms with Gasteiger partial charge in [0.2, 0.25) is 11.8 Å². The third-order valence-electron chi connectivity index (χ3n) is 7.12. The Balaban J connectivity index is 1.56. The Morgan fingerprint density at radius 1 is 1.00 bits per heavy atom. The first kappa shape index (κ1) is 23.6. The topological polar surface area (TPSA) is 72.6 Å². The molecule has 2 amide bonds. The SMILES string of the molecule is NC(=O)CC1(COc2ccc(Cl)cc2)CCCN(C(=O)C2(c3ccc(F)cc3)CCCC2)C1. The fourth-order valence-corrected chi connectivity index (χ4v) is 5.63. The van der Waals surface area contributed by atoms with Crippen LogP contribution in [0, 0.1) is 11.2 Å². The number of hydrogen-bond donors (Lipinski definition) is 1. The van der Waals surface area contributed by atoms with Crippen molar-refractivity contribution >= 4 is 23.4 Å². The van der Waals surface area contributed by atoms with Crippen molar-refractivity contribution < 1.29 is 18.7 Å². The number of carbonyl (C=O) groups is 2. The van der Waals surface area contributed by atoms with Crippen LogP contribution in [0.1, 0.15) is 50.5 Å². The van der Waals surface area contributed by atoms with Crippen molar-refractivity contribution in [3.05, 3.63) is 64.9 Å². The zero-order valence-corrected chi connectivity index (χ0v) is 19.5. The minimum atomic E-state index is -0.638. The van der Waals surface area contributed by atoms with Crippen LogP contribution in [0.25, 0.3) is 0 Å². The summed E-state index contributed by atoms with van der Waals surface area (Å²) in [6.07, 6.45) is 5.08. The van der Waals surface area contributed by atoms with Gasteiger partial charge in [0.15, 0.2) is 0 Å². The molecule has 5 nitrogen and oxygen atoms in total. The van der Waals surface area contributed by atoms with Crippen molar-refractivity contribution in [2.75, 3.05) is 19.7 Å². The number of nitrogens with two attached hydrogens (primary N) is 1. The molecule has 7 heteroatoms. The molecule has 0 radical (unpaired) electrons. The average Bonchev–Trinajstić information content (AvgIpc) is 3.29. The summed E-state index contributed by atoms with van der Waals surface area (Å²) < 4.78 is 19.6. The third-order valence-corrected chi connectivity index (χ3v) is 7.37. The van der Waals surface area contributed by atoms with Gasteiger partial charge in [-0.1, -0.05) is 36.6 Å². The number of likely N-dealkylation sites (tertiary alicyclic amines) is 1. The number of amides is 2. The number of nitrogens with zero attached hydrogens (tertiary/aromatic N) is 1. The van der Waals surface area contributed by atoms with Gasteiger partial charge in [-0.2, -0.15) is 0 Å². The van der Waals surface area contributed by atoms with E-state index < -0.39 is 16.7 Å². The highest BCUT2D eigenvalue weighted by atomic mass is 35.5. The van der Waals surface area contributed by atoms with E-state index >= 15 is 0 Å². The fourth-order valence-electron chi connectivity index (χ4n) is 5.51. The number of carbonyl (C=O) groups excluding carboxylic acids is 2. The molecule has 1 heterocycles. The largest absolute Gasteiger partial charge is 0.493 e. The molecule has 2 N–H and O–H groups in total. The van der Waals surface area contributed by atoms with E-state index in [1.54, 1.807) is 36.4 Å². The van der Waals surface area contributed by atoms with Gasteiger partial charge in [-0.25, -0.2) is 4.39 Å². The first-order valence-electron chi connectivity index (χ1n) is 11.5. The lowest BCUT2D eigenvalue weighted by molar-refractivity contribution is -0.143. The molecule has 0 aromatic heterocycles. The molecule has 2 fully saturated rings. The van der Waals surface area contributed by atoms with Crippen molar-refractivity contribution in [3.8, 4) is 5.75 Å². The number of benzene rings is 2.